The summed E-state index contributed by atoms with van der Waals surface area (Å²) in [6.07, 6.45) is 0.964. The fourth-order valence-electron chi connectivity index (χ4n) is 2.92. The van der Waals surface area contributed by atoms with Gasteiger partial charge in [0.25, 0.3) is 0 Å². The van der Waals surface area contributed by atoms with E-state index in [1.807, 2.05) is 17.5 Å². The molecule has 3 heterocycles. The highest BCUT2D eigenvalue weighted by Crippen LogP contribution is 2.37. The topological polar surface area (TPSA) is 60.2 Å². The van der Waals surface area contributed by atoms with Crippen molar-refractivity contribution in [1.29, 1.82) is 0 Å². The lowest BCUT2D eigenvalue weighted by molar-refractivity contribution is -0.0700. The Labute approximate surface area is 128 Å². The zero-order valence-corrected chi connectivity index (χ0v) is 13.7. The summed E-state index contributed by atoms with van der Waals surface area (Å²) < 4.78 is 11.4. The molecule has 0 spiro atoms. The molecule has 0 aliphatic carbocycles. The first-order valence-electron chi connectivity index (χ1n) is 7.16. The summed E-state index contributed by atoms with van der Waals surface area (Å²) in [5, 5.41) is 9.51. The van der Waals surface area contributed by atoms with Crippen LogP contribution in [0.15, 0.2) is 22.0 Å². The van der Waals surface area contributed by atoms with E-state index < -0.39 is 0 Å². The molecule has 3 rings (SSSR count). The molecule has 5 nitrogen and oxygen atoms in total. The van der Waals surface area contributed by atoms with Crippen molar-refractivity contribution in [2.45, 2.75) is 57.9 Å². The van der Waals surface area contributed by atoms with Crippen LogP contribution >= 0.6 is 11.3 Å². The number of hydrogen-bond donors (Lipinski definition) is 1. The molecule has 0 aromatic carbocycles. The Bertz CT molecular complexity index is 604. The maximum absolute atomic E-state index is 6.07. The highest BCUT2D eigenvalue weighted by molar-refractivity contribution is 7.13. The summed E-state index contributed by atoms with van der Waals surface area (Å²) in [6.45, 7) is 9.04. The summed E-state index contributed by atoms with van der Waals surface area (Å²) >= 11 is 1.61. The average Bonchev–Trinajstić information content (AvgIpc) is 3.05. The lowest BCUT2D eigenvalue weighted by atomic mass is 9.94. The van der Waals surface area contributed by atoms with Gasteiger partial charge in [0.1, 0.15) is 0 Å². The predicted molar refractivity (Wildman–Crippen MR) is 82.1 cm³/mol. The highest BCUT2D eigenvalue weighted by Gasteiger charge is 2.45. The van der Waals surface area contributed by atoms with E-state index in [0.717, 1.165) is 11.3 Å². The van der Waals surface area contributed by atoms with Gasteiger partial charge in [-0.05, 0) is 45.6 Å². The number of aromatic nitrogens is 2. The van der Waals surface area contributed by atoms with Crippen molar-refractivity contribution in [1.82, 2.24) is 15.5 Å². The van der Waals surface area contributed by atoms with Gasteiger partial charge >= 0.3 is 0 Å². The van der Waals surface area contributed by atoms with Gasteiger partial charge in [-0.15, -0.1) is 11.3 Å². The van der Waals surface area contributed by atoms with Crippen molar-refractivity contribution in [3.63, 3.8) is 0 Å². The number of rotatable bonds is 4. The van der Waals surface area contributed by atoms with E-state index in [4.69, 9.17) is 9.26 Å². The van der Waals surface area contributed by atoms with Crippen LogP contribution in [0.25, 0.3) is 10.7 Å². The van der Waals surface area contributed by atoms with Crippen molar-refractivity contribution in [3.05, 3.63) is 23.4 Å². The molecule has 0 unspecified atom stereocenters. The normalized spacial score (nSPS) is 23.5. The van der Waals surface area contributed by atoms with Crippen molar-refractivity contribution >= 4 is 11.3 Å². The van der Waals surface area contributed by atoms with Crippen LogP contribution in [0.4, 0.5) is 0 Å². The Balaban J connectivity index is 1.63. The number of ether oxygens (including phenoxy) is 1. The lowest BCUT2D eigenvalue weighted by Gasteiger charge is -2.27. The molecule has 0 saturated carbocycles. The SMILES string of the molecule is CC1(C)C[C@@H](NCc2nc(-c3cccs3)no2)C(C)(C)O1. The molecule has 6 heteroatoms. The van der Waals surface area contributed by atoms with Gasteiger partial charge in [0.2, 0.25) is 11.7 Å². The fraction of sp³-hybridized carbons (Fsp3) is 0.600. The summed E-state index contributed by atoms with van der Waals surface area (Å²) in [6, 6.07) is 4.24. The largest absolute Gasteiger partial charge is 0.368 e. The number of nitrogens with zero attached hydrogens (tertiary/aromatic N) is 2. The van der Waals surface area contributed by atoms with Gasteiger partial charge in [-0.3, -0.25) is 0 Å². The summed E-state index contributed by atoms with van der Waals surface area (Å²) in [7, 11) is 0. The molecular formula is C15H21N3O2S. The summed E-state index contributed by atoms with van der Waals surface area (Å²) in [5.41, 5.74) is -0.293. The van der Waals surface area contributed by atoms with Crippen LogP contribution in [0, 0.1) is 0 Å². The Kier molecular flexibility index (Phi) is 3.63. The van der Waals surface area contributed by atoms with E-state index in [0.29, 0.717) is 18.3 Å². The number of nitrogens with one attached hydrogen (secondary N) is 1. The standard InChI is InChI=1S/C15H21N3O2S/c1-14(2)8-11(15(3,4)20-14)16-9-12-17-13(18-19-12)10-6-5-7-21-10/h5-7,11,16H,8-9H2,1-4H3/t11-/m1/s1. The minimum absolute atomic E-state index is 0.0991. The van der Waals surface area contributed by atoms with E-state index in [1.165, 1.54) is 0 Å². The van der Waals surface area contributed by atoms with Gasteiger partial charge < -0.3 is 14.6 Å². The van der Waals surface area contributed by atoms with E-state index >= 15 is 0 Å². The highest BCUT2D eigenvalue weighted by atomic mass is 32.1. The maximum atomic E-state index is 6.07. The molecule has 1 aliphatic rings. The second-order valence-corrected chi connectivity index (χ2v) is 7.54. The molecule has 1 N–H and O–H groups in total. The average molecular weight is 307 g/mol. The molecule has 1 saturated heterocycles. The molecule has 0 radical (unpaired) electrons. The summed E-state index contributed by atoms with van der Waals surface area (Å²) in [4.78, 5) is 5.45. The van der Waals surface area contributed by atoms with Gasteiger partial charge in [-0.2, -0.15) is 4.98 Å². The number of thiophene rings is 1. The Morgan fingerprint density at radius 3 is 2.81 bits per heavy atom. The monoisotopic (exact) mass is 307 g/mol. The Hall–Kier alpha value is -1.24. The second kappa shape index (κ2) is 5.19. The third kappa shape index (κ3) is 3.17. The van der Waals surface area contributed by atoms with E-state index in [1.54, 1.807) is 11.3 Å². The van der Waals surface area contributed by atoms with Crippen LogP contribution in [0.5, 0.6) is 0 Å². The van der Waals surface area contributed by atoms with Crippen LogP contribution in [-0.4, -0.2) is 27.4 Å². The van der Waals surface area contributed by atoms with Crippen LogP contribution < -0.4 is 5.32 Å². The first kappa shape index (κ1) is 14.7. The molecule has 1 fully saturated rings. The molecule has 0 bridgehead atoms. The van der Waals surface area contributed by atoms with Gasteiger partial charge in [0, 0.05) is 6.04 Å². The summed E-state index contributed by atoms with van der Waals surface area (Å²) in [5.74, 6) is 1.27. The first-order valence-corrected chi connectivity index (χ1v) is 8.04. The van der Waals surface area contributed by atoms with Crippen LogP contribution in [0.1, 0.15) is 40.0 Å². The van der Waals surface area contributed by atoms with Crippen LogP contribution in [0.2, 0.25) is 0 Å². The zero-order chi connectivity index (χ0) is 15.1. The molecule has 114 valence electrons. The van der Waals surface area contributed by atoms with E-state index in [2.05, 4.69) is 43.2 Å². The minimum Gasteiger partial charge on any atom is -0.368 e. The fourth-order valence-corrected chi connectivity index (χ4v) is 3.57. The molecule has 1 aliphatic heterocycles. The molecule has 2 aromatic heterocycles. The Morgan fingerprint density at radius 1 is 1.38 bits per heavy atom. The second-order valence-electron chi connectivity index (χ2n) is 6.59. The van der Waals surface area contributed by atoms with Gasteiger partial charge in [-0.1, -0.05) is 11.2 Å². The predicted octanol–water partition coefficient (Wildman–Crippen LogP) is 3.23. The third-order valence-corrected chi connectivity index (χ3v) is 4.65. The molecule has 2 aromatic rings. The Morgan fingerprint density at radius 2 is 2.19 bits per heavy atom. The quantitative estimate of drug-likeness (QED) is 0.939. The first-order chi connectivity index (χ1) is 9.86. The van der Waals surface area contributed by atoms with E-state index in [9.17, 15) is 0 Å². The van der Waals surface area contributed by atoms with Gasteiger partial charge in [-0.25, -0.2) is 0 Å². The van der Waals surface area contributed by atoms with Gasteiger partial charge in [0.05, 0.1) is 22.6 Å². The minimum atomic E-state index is -0.194. The van der Waals surface area contributed by atoms with Crippen molar-refractivity contribution in [3.8, 4) is 10.7 Å². The molecule has 0 amide bonds. The smallest absolute Gasteiger partial charge is 0.240 e. The maximum Gasteiger partial charge on any atom is 0.240 e. The van der Waals surface area contributed by atoms with Crippen LogP contribution in [-0.2, 0) is 11.3 Å². The van der Waals surface area contributed by atoms with Gasteiger partial charge in [0.15, 0.2) is 0 Å². The van der Waals surface area contributed by atoms with Crippen LogP contribution in [0.3, 0.4) is 0 Å². The van der Waals surface area contributed by atoms with Crippen molar-refractivity contribution in [2.75, 3.05) is 0 Å². The molecule has 1 atom stereocenters. The molecule has 21 heavy (non-hydrogen) atoms. The molecular weight excluding hydrogens is 286 g/mol. The van der Waals surface area contributed by atoms with E-state index in [-0.39, 0.29) is 17.2 Å². The van der Waals surface area contributed by atoms with Crippen molar-refractivity contribution < 1.29 is 9.26 Å². The number of hydrogen-bond acceptors (Lipinski definition) is 6. The van der Waals surface area contributed by atoms with Crippen molar-refractivity contribution in [2.24, 2.45) is 0 Å². The lowest BCUT2D eigenvalue weighted by Crippen LogP contribution is -2.43. The third-order valence-electron chi connectivity index (χ3n) is 3.78. The zero-order valence-electron chi connectivity index (χ0n) is 12.8.